The Kier molecular flexibility index (Phi) is 1.91. The third-order valence-electron chi connectivity index (χ3n) is 4.38. The summed E-state index contributed by atoms with van der Waals surface area (Å²) in [6.45, 7) is 1.91. The van der Waals surface area contributed by atoms with Gasteiger partial charge in [0.15, 0.2) is 5.15 Å². The first-order valence-electron chi connectivity index (χ1n) is 6.30. The summed E-state index contributed by atoms with van der Waals surface area (Å²) < 4.78 is 0. The average molecular weight is 274 g/mol. The van der Waals surface area contributed by atoms with Crippen molar-refractivity contribution in [2.45, 2.75) is 25.2 Å². The van der Waals surface area contributed by atoms with E-state index in [1.165, 1.54) is 0 Å². The van der Waals surface area contributed by atoms with Gasteiger partial charge in [0, 0.05) is 23.5 Å². The Morgan fingerprint density at radius 2 is 2.00 bits per heavy atom. The SMILES string of the molecule is Cc1nnc(Cl)c2cc3c(cc12)C1(CC1)C(=O)N3C. The van der Waals surface area contributed by atoms with Gasteiger partial charge in [0.25, 0.3) is 0 Å². The zero-order chi connectivity index (χ0) is 13.4. The standard InChI is InChI=1S/C14H12ClN3O/c1-7-8-5-10-11(6-9(8)12(15)17-16-7)18(2)13(19)14(10)3-4-14/h5-6H,3-4H2,1-2H3. The van der Waals surface area contributed by atoms with Gasteiger partial charge in [0.2, 0.25) is 5.91 Å². The highest BCUT2D eigenvalue weighted by Gasteiger charge is 2.58. The van der Waals surface area contributed by atoms with Crippen LogP contribution >= 0.6 is 11.6 Å². The van der Waals surface area contributed by atoms with E-state index in [-0.39, 0.29) is 11.3 Å². The summed E-state index contributed by atoms with van der Waals surface area (Å²) >= 11 is 6.12. The number of aromatic nitrogens is 2. The van der Waals surface area contributed by atoms with Gasteiger partial charge >= 0.3 is 0 Å². The molecule has 1 aliphatic heterocycles. The maximum absolute atomic E-state index is 12.4. The molecule has 0 unspecified atom stereocenters. The number of aryl methyl sites for hydroxylation is 1. The minimum absolute atomic E-state index is 0.201. The van der Waals surface area contributed by atoms with E-state index in [0.717, 1.165) is 40.6 Å². The van der Waals surface area contributed by atoms with E-state index in [1.807, 2.05) is 20.0 Å². The maximum Gasteiger partial charge on any atom is 0.237 e. The van der Waals surface area contributed by atoms with Crippen molar-refractivity contribution in [3.8, 4) is 0 Å². The van der Waals surface area contributed by atoms with Crippen LogP contribution in [-0.2, 0) is 10.2 Å². The first-order chi connectivity index (χ1) is 9.04. The summed E-state index contributed by atoms with van der Waals surface area (Å²) in [4.78, 5) is 14.1. The number of carbonyl (C=O) groups excluding carboxylic acids is 1. The predicted molar refractivity (Wildman–Crippen MR) is 73.6 cm³/mol. The van der Waals surface area contributed by atoms with Crippen LogP contribution in [0.5, 0.6) is 0 Å². The van der Waals surface area contributed by atoms with Crippen molar-refractivity contribution in [1.82, 2.24) is 10.2 Å². The number of carbonyl (C=O) groups is 1. The Morgan fingerprint density at radius 1 is 1.26 bits per heavy atom. The van der Waals surface area contributed by atoms with Gasteiger partial charge < -0.3 is 4.90 Å². The number of anilines is 1. The normalized spacial score (nSPS) is 19.3. The van der Waals surface area contributed by atoms with Crippen LogP contribution in [0.2, 0.25) is 5.15 Å². The Morgan fingerprint density at radius 3 is 2.68 bits per heavy atom. The van der Waals surface area contributed by atoms with E-state index in [4.69, 9.17) is 11.6 Å². The molecule has 0 N–H and O–H groups in total. The lowest BCUT2D eigenvalue weighted by atomic mass is 9.95. The van der Waals surface area contributed by atoms with Gasteiger partial charge in [-0.15, -0.1) is 5.10 Å². The molecular formula is C14H12ClN3O. The zero-order valence-electron chi connectivity index (χ0n) is 10.7. The zero-order valence-corrected chi connectivity index (χ0v) is 11.5. The molecule has 19 heavy (non-hydrogen) atoms. The monoisotopic (exact) mass is 273 g/mol. The number of hydrogen-bond acceptors (Lipinski definition) is 3. The van der Waals surface area contributed by atoms with Crippen LogP contribution in [0.3, 0.4) is 0 Å². The van der Waals surface area contributed by atoms with Crippen molar-refractivity contribution in [1.29, 1.82) is 0 Å². The summed E-state index contributed by atoms with van der Waals surface area (Å²) in [5.41, 5.74) is 2.67. The fraction of sp³-hybridized carbons (Fsp3) is 0.357. The highest BCUT2D eigenvalue weighted by molar-refractivity contribution is 6.34. The first kappa shape index (κ1) is 11.2. The summed E-state index contributed by atoms with van der Waals surface area (Å²) in [7, 11) is 1.83. The molecule has 4 nitrogen and oxygen atoms in total. The molecule has 2 aromatic rings. The highest BCUT2D eigenvalue weighted by atomic mass is 35.5. The molecule has 2 heterocycles. The highest BCUT2D eigenvalue weighted by Crippen LogP contribution is 2.57. The van der Waals surface area contributed by atoms with Gasteiger partial charge in [-0.3, -0.25) is 4.79 Å². The average Bonchev–Trinajstić information content (AvgIpc) is 3.18. The molecule has 96 valence electrons. The minimum Gasteiger partial charge on any atom is -0.314 e. The molecule has 5 heteroatoms. The van der Waals surface area contributed by atoms with Gasteiger partial charge in [0.1, 0.15) is 0 Å². The third kappa shape index (κ3) is 1.22. The first-order valence-corrected chi connectivity index (χ1v) is 6.67. The molecule has 1 aromatic heterocycles. The van der Waals surface area contributed by atoms with E-state index in [0.29, 0.717) is 5.15 Å². The van der Waals surface area contributed by atoms with Crippen molar-refractivity contribution in [3.05, 3.63) is 28.5 Å². The molecule has 1 saturated carbocycles. The lowest BCUT2D eigenvalue weighted by molar-refractivity contribution is -0.119. The van der Waals surface area contributed by atoms with Gasteiger partial charge in [-0.2, -0.15) is 5.10 Å². The second kappa shape index (κ2) is 3.25. The van der Waals surface area contributed by atoms with Gasteiger partial charge in [0.05, 0.1) is 11.1 Å². The number of halogens is 1. The number of nitrogens with zero attached hydrogens (tertiary/aromatic N) is 3. The Hall–Kier alpha value is -1.68. The van der Waals surface area contributed by atoms with Crippen molar-refractivity contribution < 1.29 is 4.79 Å². The molecule has 1 aliphatic carbocycles. The molecular weight excluding hydrogens is 262 g/mol. The van der Waals surface area contributed by atoms with Gasteiger partial charge in [-0.1, -0.05) is 11.6 Å². The predicted octanol–water partition coefficient (Wildman–Crippen LogP) is 2.60. The maximum atomic E-state index is 12.4. The van der Waals surface area contributed by atoms with E-state index in [1.54, 1.807) is 4.90 Å². The van der Waals surface area contributed by atoms with E-state index in [2.05, 4.69) is 16.3 Å². The Bertz CT molecular complexity index is 752. The summed E-state index contributed by atoms with van der Waals surface area (Å²) in [6.07, 6.45) is 1.89. The van der Waals surface area contributed by atoms with Crippen LogP contribution in [0.1, 0.15) is 24.1 Å². The van der Waals surface area contributed by atoms with Gasteiger partial charge in [-0.25, -0.2) is 0 Å². The third-order valence-corrected chi connectivity index (χ3v) is 4.66. The lowest BCUT2D eigenvalue weighted by Crippen LogP contribution is -2.27. The Labute approximate surface area is 115 Å². The summed E-state index contributed by atoms with van der Waals surface area (Å²) in [5.74, 6) is 0.201. The molecule has 0 atom stereocenters. The topological polar surface area (TPSA) is 46.1 Å². The van der Waals surface area contributed by atoms with Crippen molar-refractivity contribution in [3.63, 3.8) is 0 Å². The minimum atomic E-state index is -0.263. The second-order valence-corrected chi connectivity index (χ2v) is 5.80. The van der Waals surface area contributed by atoms with Crippen LogP contribution in [0.15, 0.2) is 12.1 Å². The number of rotatable bonds is 0. The van der Waals surface area contributed by atoms with Crippen molar-refractivity contribution in [2.24, 2.45) is 0 Å². The lowest BCUT2D eigenvalue weighted by Gasteiger charge is -2.11. The largest absolute Gasteiger partial charge is 0.314 e. The van der Waals surface area contributed by atoms with Crippen molar-refractivity contribution in [2.75, 3.05) is 11.9 Å². The quantitative estimate of drug-likeness (QED) is 0.741. The van der Waals surface area contributed by atoms with E-state index in [9.17, 15) is 4.79 Å². The molecule has 2 aliphatic rings. The molecule has 0 bridgehead atoms. The Balaban J connectivity index is 2.11. The number of amides is 1. The molecule has 0 radical (unpaired) electrons. The van der Waals surface area contributed by atoms with Crippen LogP contribution in [0.25, 0.3) is 10.8 Å². The van der Waals surface area contributed by atoms with Crippen LogP contribution in [0, 0.1) is 6.92 Å². The number of hydrogen-bond donors (Lipinski definition) is 0. The molecule has 1 aromatic carbocycles. The number of likely N-dealkylation sites (N-methyl/N-ethyl adjacent to an activating group) is 1. The summed E-state index contributed by atoms with van der Waals surface area (Å²) in [5, 5.41) is 10.2. The number of benzene rings is 1. The van der Waals surface area contributed by atoms with Crippen LogP contribution < -0.4 is 4.90 Å². The fourth-order valence-electron chi connectivity index (χ4n) is 3.10. The molecule has 4 rings (SSSR count). The fourth-order valence-corrected chi connectivity index (χ4v) is 3.29. The number of fused-ring (bicyclic) bond motifs is 3. The smallest absolute Gasteiger partial charge is 0.237 e. The summed E-state index contributed by atoms with van der Waals surface area (Å²) in [6, 6.07) is 4.05. The molecule has 1 fully saturated rings. The van der Waals surface area contributed by atoms with Crippen LogP contribution in [0.4, 0.5) is 5.69 Å². The van der Waals surface area contributed by atoms with E-state index >= 15 is 0 Å². The molecule has 1 amide bonds. The second-order valence-electron chi connectivity index (χ2n) is 5.44. The van der Waals surface area contributed by atoms with E-state index < -0.39 is 0 Å². The molecule has 1 spiro atoms. The van der Waals surface area contributed by atoms with Gasteiger partial charge in [-0.05, 0) is 37.5 Å². The van der Waals surface area contributed by atoms with Crippen LogP contribution in [-0.4, -0.2) is 23.2 Å². The molecule has 0 saturated heterocycles. The van der Waals surface area contributed by atoms with Crippen molar-refractivity contribution >= 4 is 34.0 Å².